The Hall–Kier alpha value is -5.46. The van der Waals surface area contributed by atoms with Gasteiger partial charge in [0.2, 0.25) is 0 Å². The third kappa shape index (κ3) is 8.57. The molecule has 1 aliphatic heterocycles. The Morgan fingerprint density at radius 2 is 1.60 bits per heavy atom. The molecule has 256 valence electrons. The molecule has 0 fully saturated rings. The number of nitrogens with one attached hydrogen (secondary N) is 1. The third-order valence-corrected chi connectivity index (χ3v) is 8.71. The summed E-state index contributed by atoms with van der Waals surface area (Å²) < 4.78 is 65.0. The lowest BCUT2D eigenvalue weighted by Crippen LogP contribution is -2.27. The fourth-order valence-electron chi connectivity index (χ4n) is 6.06. The van der Waals surface area contributed by atoms with Crippen molar-refractivity contribution < 1.29 is 32.1 Å². The van der Waals surface area contributed by atoms with E-state index < -0.39 is 18.6 Å². The molecule has 6 rings (SSSR count). The second kappa shape index (κ2) is 15.4. The highest BCUT2D eigenvalue weighted by atomic mass is 19.4. The van der Waals surface area contributed by atoms with E-state index in [9.17, 15) is 18.4 Å². The van der Waals surface area contributed by atoms with Crippen molar-refractivity contribution >= 4 is 0 Å². The Morgan fingerprint density at radius 1 is 0.820 bits per heavy atom. The molecule has 1 atom stereocenters. The van der Waals surface area contributed by atoms with Gasteiger partial charge in [-0.2, -0.15) is 18.4 Å². The molecule has 5 aromatic carbocycles. The summed E-state index contributed by atoms with van der Waals surface area (Å²) in [6.45, 7) is 5.56. The highest BCUT2D eigenvalue weighted by Crippen LogP contribution is 2.37. The number of hydrogen-bond donors (Lipinski definition) is 1. The average molecular weight is 679 g/mol. The Labute approximate surface area is 290 Å². The van der Waals surface area contributed by atoms with E-state index in [2.05, 4.69) is 24.4 Å². The number of nitrogens with zero attached hydrogens (tertiary/aromatic N) is 1. The monoisotopic (exact) mass is 678 g/mol. The molecule has 0 saturated carbocycles. The molecule has 0 bridgehead atoms. The van der Waals surface area contributed by atoms with Gasteiger partial charge in [-0.15, -0.1) is 0 Å². The Bertz CT molecular complexity index is 1990. The van der Waals surface area contributed by atoms with E-state index in [1.807, 2.05) is 49.4 Å². The van der Waals surface area contributed by atoms with Gasteiger partial charge in [-0.3, -0.25) is 0 Å². The van der Waals surface area contributed by atoms with Crippen molar-refractivity contribution in [3.8, 4) is 40.2 Å². The molecule has 0 saturated heterocycles. The number of ether oxygens (including phenoxy) is 4. The van der Waals surface area contributed by atoms with Crippen LogP contribution in [0.3, 0.4) is 0 Å². The Balaban J connectivity index is 1.25. The van der Waals surface area contributed by atoms with Crippen LogP contribution in [0.2, 0.25) is 0 Å². The van der Waals surface area contributed by atoms with Crippen molar-refractivity contribution in [1.29, 1.82) is 5.26 Å². The van der Waals surface area contributed by atoms with E-state index in [1.54, 1.807) is 54.6 Å². The maximum absolute atomic E-state index is 13.6. The van der Waals surface area contributed by atoms with E-state index in [0.717, 1.165) is 44.9 Å². The number of nitriles is 1. The van der Waals surface area contributed by atoms with Crippen molar-refractivity contribution in [2.24, 2.45) is 0 Å². The van der Waals surface area contributed by atoms with Gasteiger partial charge in [-0.1, -0.05) is 66.7 Å². The lowest BCUT2D eigenvalue weighted by Gasteiger charge is -2.23. The first-order chi connectivity index (χ1) is 24.2. The normalized spacial score (nSPS) is 13.0. The number of rotatable bonds is 12. The fourth-order valence-corrected chi connectivity index (χ4v) is 6.06. The van der Waals surface area contributed by atoms with Gasteiger partial charge in [0.05, 0.1) is 18.1 Å². The van der Waals surface area contributed by atoms with Gasteiger partial charge in [0.1, 0.15) is 37.9 Å². The molecule has 0 amide bonds. The molecular weight excluding hydrogens is 641 g/mol. The highest BCUT2D eigenvalue weighted by Gasteiger charge is 2.32. The number of aryl methyl sites for hydroxylation is 1. The van der Waals surface area contributed by atoms with Crippen LogP contribution in [0, 0.1) is 25.2 Å². The molecule has 1 aliphatic rings. The summed E-state index contributed by atoms with van der Waals surface area (Å²) in [7, 11) is 0. The van der Waals surface area contributed by atoms with Crippen LogP contribution in [-0.4, -0.2) is 19.4 Å². The van der Waals surface area contributed by atoms with E-state index in [1.165, 1.54) is 0 Å². The molecule has 0 spiro atoms. The number of benzene rings is 5. The molecule has 0 aliphatic carbocycles. The maximum atomic E-state index is 13.6. The molecule has 50 heavy (non-hydrogen) atoms. The van der Waals surface area contributed by atoms with Crippen molar-refractivity contribution in [3.05, 3.63) is 142 Å². The van der Waals surface area contributed by atoms with E-state index in [4.69, 9.17) is 18.9 Å². The number of alkyl halides is 3. The van der Waals surface area contributed by atoms with Gasteiger partial charge >= 0.3 is 6.18 Å². The number of fused-ring (bicyclic) bond motifs is 1. The Morgan fingerprint density at radius 3 is 2.38 bits per heavy atom. The molecule has 9 heteroatoms. The zero-order valence-corrected chi connectivity index (χ0v) is 27.8. The predicted molar refractivity (Wildman–Crippen MR) is 185 cm³/mol. The lowest BCUT2D eigenvalue weighted by molar-refractivity contribution is -0.140. The smallest absolute Gasteiger partial charge is 0.390 e. The van der Waals surface area contributed by atoms with Crippen molar-refractivity contribution in [2.45, 2.75) is 52.2 Å². The lowest BCUT2D eigenvalue weighted by atomic mass is 9.96. The summed E-state index contributed by atoms with van der Waals surface area (Å²) in [6, 6.07) is 32.6. The van der Waals surface area contributed by atoms with E-state index >= 15 is 0 Å². The Kier molecular flexibility index (Phi) is 10.6. The summed E-state index contributed by atoms with van der Waals surface area (Å²) in [4.78, 5) is 0. The number of hydrogen-bond acceptors (Lipinski definition) is 6. The zero-order valence-electron chi connectivity index (χ0n) is 27.8. The quantitative estimate of drug-likeness (QED) is 0.142. The van der Waals surface area contributed by atoms with Crippen LogP contribution in [0.4, 0.5) is 13.2 Å². The molecule has 0 radical (unpaired) electrons. The summed E-state index contributed by atoms with van der Waals surface area (Å²) in [5.74, 6) is 2.50. The molecule has 1 heterocycles. The van der Waals surface area contributed by atoms with Gasteiger partial charge in [-0.05, 0) is 83.1 Å². The van der Waals surface area contributed by atoms with Crippen LogP contribution >= 0.6 is 0 Å². The minimum Gasteiger partial charge on any atom is -0.489 e. The second-order valence-corrected chi connectivity index (χ2v) is 12.2. The molecule has 1 N–H and O–H groups in total. The van der Waals surface area contributed by atoms with Crippen LogP contribution in [-0.2, 0) is 19.8 Å². The summed E-state index contributed by atoms with van der Waals surface area (Å²) in [5.41, 5.74) is 7.48. The largest absolute Gasteiger partial charge is 0.489 e. The molecule has 1 unspecified atom stereocenters. The zero-order chi connectivity index (χ0) is 35.1. The molecular formula is C41H37F3N2O4. The number of halogens is 3. The predicted octanol–water partition coefficient (Wildman–Crippen LogP) is 9.55. The van der Waals surface area contributed by atoms with Gasteiger partial charge in [-0.25, -0.2) is 0 Å². The van der Waals surface area contributed by atoms with Gasteiger partial charge in [0, 0.05) is 24.2 Å². The van der Waals surface area contributed by atoms with Crippen molar-refractivity contribution in [1.82, 2.24) is 5.32 Å². The van der Waals surface area contributed by atoms with Crippen LogP contribution < -0.4 is 24.3 Å². The second-order valence-electron chi connectivity index (χ2n) is 12.2. The first kappa shape index (κ1) is 34.4. The molecule has 0 aromatic heterocycles. The average Bonchev–Trinajstić information content (AvgIpc) is 3.12. The minimum atomic E-state index is -4.36. The topological polar surface area (TPSA) is 72.7 Å². The van der Waals surface area contributed by atoms with Gasteiger partial charge in [0.15, 0.2) is 11.5 Å². The maximum Gasteiger partial charge on any atom is 0.390 e. The fraction of sp³-hybridized carbons (Fsp3) is 0.244. The first-order valence-corrected chi connectivity index (χ1v) is 16.4. The van der Waals surface area contributed by atoms with E-state index in [0.29, 0.717) is 41.4 Å². The molecule has 6 nitrogen and oxygen atoms in total. The molecule has 5 aromatic rings. The van der Waals surface area contributed by atoms with Crippen LogP contribution in [0.25, 0.3) is 11.1 Å². The minimum absolute atomic E-state index is 0.131. The summed E-state index contributed by atoms with van der Waals surface area (Å²) in [6.07, 6.45) is -5.37. The standard InChI is InChI=1S/C41H37F3N2O4/c1-27-18-34(49-26-33-12-7-13-35(28(33)2)32-14-15-38-40(20-32)48-17-16-47-38)21-39(50-25-30-9-6-8-29(19-30)23-45)36(27)24-46-37(22-41(42,43)44)31-10-4-3-5-11-31/h3-15,18-21,37,46H,16-17,22,24-26H2,1-2H3. The van der Waals surface area contributed by atoms with Gasteiger partial charge in [0.25, 0.3) is 0 Å². The summed E-state index contributed by atoms with van der Waals surface area (Å²) >= 11 is 0. The van der Waals surface area contributed by atoms with Crippen LogP contribution in [0.15, 0.2) is 103 Å². The van der Waals surface area contributed by atoms with Gasteiger partial charge < -0.3 is 24.3 Å². The first-order valence-electron chi connectivity index (χ1n) is 16.4. The van der Waals surface area contributed by atoms with Crippen LogP contribution in [0.5, 0.6) is 23.0 Å². The van der Waals surface area contributed by atoms with Crippen molar-refractivity contribution in [3.63, 3.8) is 0 Å². The highest BCUT2D eigenvalue weighted by molar-refractivity contribution is 5.71. The summed E-state index contributed by atoms with van der Waals surface area (Å²) in [5, 5.41) is 12.5. The third-order valence-electron chi connectivity index (χ3n) is 8.71. The van der Waals surface area contributed by atoms with Crippen LogP contribution in [0.1, 0.15) is 51.4 Å². The van der Waals surface area contributed by atoms with Crippen molar-refractivity contribution in [2.75, 3.05) is 13.2 Å². The van der Waals surface area contributed by atoms with E-state index in [-0.39, 0.29) is 19.8 Å². The SMILES string of the molecule is Cc1cc(OCc2cccc(-c3ccc4c(c3)OCCO4)c2C)cc(OCc2cccc(C#N)c2)c1CNC(CC(F)(F)F)c1ccccc1.